The number of rotatable bonds is 13. The second-order valence-corrected chi connectivity index (χ2v) is 9.26. The number of nitrogens with one attached hydrogen (secondary N) is 3. The van der Waals surface area contributed by atoms with Gasteiger partial charge >= 0.3 is 0 Å². The molecular weight excluding hydrogens is 452 g/mol. The Labute approximate surface area is 196 Å². The number of aliphatic hydroxyl groups excluding tert-OH is 1. The maximum Gasteiger partial charge on any atom is 0.294 e. The minimum absolute atomic E-state index is 0.0529. The smallest absolute Gasteiger partial charge is 0.294 e. The van der Waals surface area contributed by atoms with Crippen LogP contribution < -0.4 is 20.7 Å². The van der Waals surface area contributed by atoms with Crippen molar-refractivity contribution in [2.45, 2.75) is 49.6 Å². The van der Waals surface area contributed by atoms with E-state index in [2.05, 4.69) is 16.0 Å². The van der Waals surface area contributed by atoms with Gasteiger partial charge in [-0.05, 0) is 25.0 Å². The predicted octanol–water partition coefficient (Wildman–Crippen LogP) is 0.879. The first-order chi connectivity index (χ1) is 15.9. The van der Waals surface area contributed by atoms with Gasteiger partial charge < -0.3 is 30.6 Å². The molecule has 2 aliphatic rings. The molecule has 0 bridgehead atoms. The van der Waals surface area contributed by atoms with Crippen LogP contribution in [0.4, 0.5) is 5.69 Å². The topological polar surface area (TPSA) is 152 Å². The molecule has 1 aromatic carbocycles. The lowest BCUT2D eigenvalue weighted by molar-refractivity contribution is -0.768. The Balaban J connectivity index is 1.25. The molecular formula is C21H30N4O7S. The van der Waals surface area contributed by atoms with Crippen LogP contribution in [0, 0.1) is 10.1 Å². The number of benzene rings is 1. The van der Waals surface area contributed by atoms with Crippen molar-refractivity contribution in [2.24, 2.45) is 0 Å². The van der Waals surface area contributed by atoms with Crippen LogP contribution in [0.3, 0.4) is 0 Å². The molecule has 182 valence electrons. The minimum Gasteiger partial charge on any atom is -0.490 e. The molecule has 3 atom stereocenters. The number of hydrogen-bond acceptors (Lipinski definition) is 9. The van der Waals surface area contributed by atoms with Gasteiger partial charge in [-0.1, -0.05) is 18.9 Å². The predicted molar refractivity (Wildman–Crippen MR) is 123 cm³/mol. The molecule has 3 unspecified atom stereocenters. The quantitative estimate of drug-likeness (QED) is 0.182. The third kappa shape index (κ3) is 8.06. The molecule has 0 aromatic heterocycles. The maximum absolute atomic E-state index is 12.1. The first kappa shape index (κ1) is 25.1. The Bertz CT molecular complexity index is 841. The van der Waals surface area contributed by atoms with Crippen molar-refractivity contribution < 1.29 is 29.4 Å². The number of anilines is 1. The van der Waals surface area contributed by atoms with Gasteiger partial charge in [0, 0.05) is 36.1 Å². The molecule has 1 aliphatic carbocycles. The van der Waals surface area contributed by atoms with Crippen molar-refractivity contribution in [1.82, 2.24) is 10.6 Å². The highest BCUT2D eigenvalue weighted by molar-refractivity contribution is 8.00. The monoisotopic (exact) mass is 482 g/mol. The third-order valence-corrected chi connectivity index (χ3v) is 6.87. The van der Waals surface area contributed by atoms with Crippen LogP contribution in [0.15, 0.2) is 18.2 Å². The number of ether oxygens (including phenoxy) is 1. The number of nitrogens with zero attached hydrogens (tertiary/aromatic N) is 1. The lowest BCUT2D eigenvalue weighted by atomic mass is 9.97. The van der Waals surface area contributed by atoms with E-state index in [0.717, 1.165) is 30.5 Å². The van der Waals surface area contributed by atoms with Crippen molar-refractivity contribution in [3.05, 3.63) is 33.9 Å². The van der Waals surface area contributed by atoms with Gasteiger partial charge in [0.1, 0.15) is 24.6 Å². The molecule has 33 heavy (non-hydrogen) atoms. The average Bonchev–Trinajstić information content (AvgIpc) is 3.17. The third-order valence-electron chi connectivity index (χ3n) is 5.47. The van der Waals surface area contributed by atoms with E-state index < -0.39 is 17.3 Å². The molecule has 0 saturated heterocycles. The summed E-state index contributed by atoms with van der Waals surface area (Å²) in [5.41, 5.74) is 1.54. The number of aliphatic hydroxyl groups is 1. The minimum atomic E-state index is -0.751. The zero-order valence-corrected chi connectivity index (χ0v) is 19.1. The summed E-state index contributed by atoms with van der Waals surface area (Å²) in [6.45, 7) is 1.24. The largest absolute Gasteiger partial charge is 0.490 e. The van der Waals surface area contributed by atoms with E-state index in [4.69, 9.17) is 9.57 Å². The number of amides is 2. The van der Waals surface area contributed by atoms with Gasteiger partial charge in [-0.15, -0.1) is 21.9 Å². The molecule has 1 saturated carbocycles. The summed E-state index contributed by atoms with van der Waals surface area (Å²) in [5, 5.41) is 28.5. The second-order valence-electron chi connectivity index (χ2n) is 8.03. The summed E-state index contributed by atoms with van der Waals surface area (Å²) < 4.78 is 5.67. The van der Waals surface area contributed by atoms with Crippen molar-refractivity contribution in [2.75, 3.05) is 37.3 Å². The van der Waals surface area contributed by atoms with Gasteiger partial charge in [0.05, 0.1) is 12.2 Å². The fraction of sp³-hybridized carbons (Fsp3) is 0.619. The van der Waals surface area contributed by atoms with Crippen LogP contribution in [0.25, 0.3) is 0 Å². The van der Waals surface area contributed by atoms with Crippen LogP contribution >= 0.6 is 11.8 Å². The summed E-state index contributed by atoms with van der Waals surface area (Å²) in [6, 6.07) is 5.37. The second kappa shape index (κ2) is 12.6. The van der Waals surface area contributed by atoms with Gasteiger partial charge in [0.15, 0.2) is 0 Å². The highest BCUT2D eigenvalue weighted by Gasteiger charge is 2.29. The highest BCUT2D eigenvalue weighted by Crippen LogP contribution is 2.32. The molecule has 1 heterocycles. The fourth-order valence-corrected chi connectivity index (χ4v) is 5.08. The lowest BCUT2D eigenvalue weighted by Gasteiger charge is -2.28. The molecule has 4 N–H and O–H groups in total. The van der Waals surface area contributed by atoms with Crippen molar-refractivity contribution >= 4 is 29.3 Å². The first-order valence-corrected chi connectivity index (χ1v) is 12.1. The molecule has 1 fully saturated rings. The number of fused-ring (bicyclic) bond motifs is 1. The standard InChI is InChI=1S/C21H30N4O7S/c26-14(12-31-17-6-3-4-16-15(17)10-20(27)24-16)11-22-8-9-23-21(28)13-33-19-7-2-1-5-18(19)32-25(29)30/h3-4,6,14,18-19,22,26H,1-2,5,7-13H2,(H,23,28)(H,24,27). The van der Waals surface area contributed by atoms with Crippen LogP contribution in [-0.4, -0.2) is 71.5 Å². The summed E-state index contributed by atoms with van der Waals surface area (Å²) in [4.78, 5) is 39.0. The van der Waals surface area contributed by atoms with Gasteiger partial charge in [0.25, 0.3) is 5.09 Å². The van der Waals surface area contributed by atoms with Crippen LogP contribution in [0.5, 0.6) is 5.75 Å². The van der Waals surface area contributed by atoms with E-state index in [-0.39, 0.29) is 35.8 Å². The molecule has 1 aromatic rings. The molecule has 0 radical (unpaired) electrons. The maximum atomic E-state index is 12.1. The van der Waals surface area contributed by atoms with E-state index >= 15 is 0 Å². The number of carbonyl (C=O) groups excluding carboxylic acids is 2. The molecule has 12 heteroatoms. The van der Waals surface area contributed by atoms with E-state index in [1.807, 2.05) is 6.07 Å². The van der Waals surface area contributed by atoms with Crippen LogP contribution in [0.1, 0.15) is 31.2 Å². The Hall–Kier alpha value is -2.57. The van der Waals surface area contributed by atoms with Crippen molar-refractivity contribution in [1.29, 1.82) is 0 Å². The van der Waals surface area contributed by atoms with E-state index in [9.17, 15) is 24.8 Å². The van der Waals surface area contributed by atoms with Crippen LogP contribution in [-0.2, 0) is 20.8 Å². The van der Waals surface area contributed by atoms with Gasteiger partial charge in [-0.2, -0.15) is 0 Å². The average molecular weight is 483 g/mol. The number of hydrogen-bond donors (Lipinski definition) is 4. The first-order valence-electron chi connectivity index (χ1n) is 11.0. The Morgan fingerprint density at radius 3 is 2.97 bits per heavy atom. The van der Waals surface area contributed by atoms with E-state index in [0.29, 0.717) is 31.8 Å². The highest BCUT2D eigenvalue weighted by atomic mass is 32.2. The zero-order chi connectivity index (χ0) is 23.6. The summed E-state index contributed by atoms with van der Waals surface area (Å²) in [7, 11) is 0. The molecule has 2 amide bonds. The normalized spacial score (nSPS) is 20.5. The van der Waals surface area contributed by atoms with E-state index in [1.54, 1.807) is 12.1 Å². The van der Waals surface area contributed by atoms with E-state index in [1.165, 1.54) is 11.8 Å². The summed E-state index contributed by atoms with van der Waals surface area (Å²) in [5.74, 6) is 0.583. The molecule has 3 rings (SSSR count). The molecule has 0 spiro atoms. The summed E-state index contributed by atoms with van der Waals surface area (Å²) in [6.07, 6.45) is 2.38. The van der Waals surface area contributed by atoms with Gasteiger partial charge in [0.2, 0.25) is 11.8 Å². The molecule has 1 aliphatic heterocycles. The Morgan fingerprint density at radius 2 is 2.15 bits per heavy atom. The van der Waals surface area contributed by atoms with Crippen molar-refractivity contribution in [3.63, 3.8) is 0 Å². The fourth-order valence-electron chi connectivity index (χ4n) is 3.88. The Morgan fingerprint density at radius 1 is 1.33 bits per heavy atom. The zero-order valence-electron chi connectivity index (χ0n) is 18.3. The Kier molecular flexibility index (Phi) is 9.58. The van der Waals surface area contributed by atoms with Gasteiger partial charge in [-0.3, -0.25) is 9.59 Å². The number of thioether (sulfide) groups is 1. The SMILES string of the molecule is O=C(CSC1CCCCC1O[N+](=O)[O-])NCCNCC(O)COc1cccc2c1CC(=O)N2. The summed E-state index contributed by atoms with van der Waals surface area (Å²) >= 11 is 1.39. The van der Waals surface area contributed by atoms with Gasteiger partial charge in [-0.25, -0.2) is 0 Å². The van der Waals surface area contributed by atoms with Crippen molar-refractivity contribution in [3.8, 4) is 5.75 Å². The van der Waals surface area contributed by atoms with Crippen LogP contribution in [0.2, 0.25) is 0 Å². The number of carbonyl (C=O) groups is 2. The lowest BCUT2D eigenvalue weighted by Crippen LogP contribution is -2.38. The molecule has 11 nitrogen and oxygen atoms in total.